The number of ether oxygens (including phenoxy) is 1. The molecular weight excluding hydrogens is 298 g/mol. The van der Waals surface area contributed by atoms with E-state index >= 15 is 0 Å². The number of aromatic nitrogens is 1. The lowest BCUT2D eigenvalue weighted by Crippen LogP contribution is -2.14. The lowest BCUT2D eigenvalue weighted by atomic mass is 9.98. The largest absolute Gasteiger partial charge is 0.496 e. The molecule has 1 aromatic heterocycles. The molecule has 0 bridgehead atoms. The van der Waals surface area contributed by atoms with Gasteiger partial charge in [0.05, 0.1) is 12.6 Å². The number of hydrogen-bond donors (Lipinski definition) is 2. The molecule has 0 saturated heterocycles. The highest BCUT2D eigenvalue weighted by Gasteiger charge is 2.09. The van der Waals surface area contributed by atoms with Crippen molar-refractivity contribution >= 4 is 16.6 Å². The molecule has 2 aromatic carbocycles. The Bertz CT molecular complexity index is 828. The molecule has 0 aliphatic carbocycles. The van der Waals surface area contributed by atoms with E-state index in [0.29, 0.717) is 0 Å². The van der Waals surface area contributed by atoms with Gasteiger partial charge in [-0.3, -0.25) is 4.98 Å². The smallest absolute Gasteiger partial charge is 0.124 e. The monoisotopic (exact) mass is 321 g/mol. The van der Waals surface area contributed by atoms with E-state index in [-0.39, 0.29) is 0 Å². The predicted molar refractivity (Wildman–Crippen MR) is 99.6 cm³/mol. The van der Waals surface area contributed by atoms with Crippen molar-refractivity contribution in [3.05, 3.63) is 65.4 Å². The number of nitrogens with zero attached hydrogens (tertiary/aromatic N) is 1. The zero-order valence-corrected chi connectivity index (χ0v) is 14.4. The van der Waals surface area contributed by atoms with E-state index in [0.717, 1.165) is 29.8 Å². The van der Waals surface area contributed by atoms with Crippen molar-refractivity contribution in [2.24, 2.45) is 0 Å². The maximum Gasteiger partial charge on any atom is 0.124 e. The van der Waals surface area contributed by atoms with E-state index in [4.69, 9.17) is 4.74 Å². The van der Waals surface area contributed by atoms with Gasteiger partial charge in [0, 0.05) is 30.4 Å². The normalized spacial score (nSPS) is 10.8. The number of hydrazine groups is 1. The van der Waals surface area contributed by atoms with Crippen LogP contribution in [0, 0.1) is 0 Å². The number of nitrogens with one attached hydrogen (secondary N) is 2. The Balaban J connectivity index is 1.96. The molecule has 3 aromatic rings. The number of rotatable bonds is 6. The number of fused-ring (bicyclic) bond motifs is 1. The van der Waals surface area contributed by atoms with Crippen molar-refractivity contribution in [3.8, 4) is 5.75 Å². The first-order valence-corrected chi connectivity index (χ1v) is 8.21. The number of benzene rings is 2. The van der Waals surface area contributed by atoms with Crippen molar-refractivity contribution in [1.29, 1.82) is 0 Å². The number of methoxy groups -OCH3 is 1. The molecule has 0 atom stereocenters. The predicted octanol–water partition coefficient (Wildman–Crippen LogP) is 3.94. The van der Waals surface area contributed by atoms with Crippen LogP contribution >= 0.6 is 0 Å². The van der Waals surface area contributed by atoms with Gasteiger partial charge < -0.3 is 10.2 Å². The minimum atomic E-state index is 0.883. The maximum absolute atomic E-state index is 5.49. The summed E-state index contributed by atoms with van der Waals surface area (Å²) in [6, 6.07) is 14.8. The molecule has 124 valence electrons. The second-order valence-corrected chi connectivity index (χ2v) is 5.75. The van der Waals surface area contributed by atoms with Crippen LogP contribution in [0.3, 0.4) is 0 Å². The lowest BCUT2D eigenvalue weighted by molar-refractivity contribution is 0.410. The fraction of sp³-hybridized carbons (Fsp3) is 0.250. The van der Waals surface area contributed by atoms with Crippen LogP contribution in [0.1, 0.15) is 23.6 Å². The minimum absolute atomic E-state index is 0.883. The molecule has 4 heteroatoms. The minimum Gasteiger partial charge on any atom is -0.496 e. The Morgan fingerprint density at radius 3 is 2.50 bits per heavy atom. The summed E-state index contributed by atoms with van der Waals surface area (Å²) in [5.74, 6) is 0.914. The van der Waals surface area contributed by atoms with Gasteiger partial charge in [-0.1, -0.05) is 19.1 Å². The summed E-state index contributed by atoms with van der Waals surface area (Å²) in [7, 11) is 3.57. The molecule has 4 nitrogen and oxygen atoms in total. The van der Waals surface area contributed by atoms with Crippen molar-refractivity contribution in [3.63, 3.8) is 0 Å². The van der Waals surface area contributed by atoms with E-state index in [1.807, 2.05) is 19.3 Å². The molecule has 0 radical (unpaired) electrons. The summed E-state index contributed by atoms with van der Waals surface area (Å²) >= 11 is 0. The van der Waals surface area contributed by atoms with Gasteiger partial charge in [-0.25, -0.2) is 5.43 Å². The van der Waals surface area contributed by atoms with Crippen molar-refractivity contribution in [1.82, 2.24) is 10.4 Å². The van der Waals surface area contributed by atoms with E-state index < -0.39 is 0 Å². The van der Waals surface area contributed by atoms with Crippen molar-refractivity contribution < 1.29 is 4.74 Å². The van der Waals surface area contributed by atoms with Gasteiger partial charge in [0.2, 0.25) is 0 Å². The molecule has 24 heavy (non-hydrogen) atoms. The van der Waals surface area contributed by atoms with Gasteiger partial charge in [0.15, 0.2) is 0 Å². The summed E-state index contributed by atoms with van der Waals surface area (Å²) in [5, 5.41) is 1.20. The Hall–Kier alpha value is -2.59. The molecule has 0 spiro atoms. The first-order valence-electron chi connectivity index (χ1n) is 8.21. The molecule has 3 rings (SSSR count). The Labute approximate surface area is 142 Å². The molecule has 0 aliphatic rings. The first-order chi connectivity index (χ1) is 11.7. The summed E-state index contributed by atoms with van der Waals surface area (Å²) in [4.78, 5) is 4.51. The Kier molecular flexibility index (Phi) is 4.96. The molecule has 0 unspecified atom stereocenters. The number of hydrogen-bond acceptors (Lipinski definition) is 4. The van der Waals surface area contributed by atoms with Gasteiger partial charge in [-0.05, 0) is 53.8 Å². The molecule has 0 fully saturated rings. The third-order valence-electron chi connectivity index (χ3n) is 4.23. The summed E-state index contributed by atoms with van der Waals surface area (Å²) in [6.45, 7) is 2.15. The average Bonchev–Trinajstić information content (AvgIpc) is 2.62. The topological polar surface area (TPSA) is 46.2 Å². The zero-order chi connectivity index (χ0) is 16.9. The highest BCUT2D eigenvalue weighted by atomic mass is 16.5. The van der Waals surface area contributed by atoms with Gasteiger partial charge in [-0.2, -0.15) is 0 Å². The zero-order valence-electron chi connectivity index (χ0n) is 14.4. The highest BCUT2D eigenvalue weighted by molar-refractivity contribution is 5.85. The van der Waals surface area contributed by atoms with Crippen LogP contribution in [0.2, 0.25) is 0 Å². The molecule has 0 saturated carbocycles. The quantitative estimate of drug-likeness (QED) is 0.675. The number of aryl methyl sites for hydroxylation is 1. The lowest BCUT2D eigenvalue weighted by Gasteiger charge is -2.12. The van der Waals surface area contributed by atoms with Crippen LogP contribution in [0.4, 0.5) is 5.69 Å². The second kappa shape index (κ2) is 7.32. The van der Waals surface area contributed by atoms with Gasteiger partial charge >= 0.3 is 0 Å². The number of anilines is 1. The second-order valence-electron chi connectivity index (χ2n) is 5.75. The first kappa shape index (κ1) is 16.3. The SMILES string of the molecule is CCc1cc2c(Cc3ccc(NNC)cc3)ccnc2cc1OC. The molecule has 0 aliphatic heterocycles. The highest BCUT2D eigenvalue weighted by Crippen LogP contribution is 2.28. The van der Waals surface area contributed by atoms with E-state index in [9.17, 15) is 0 Å². The molecule has 1 heterocycles. The van der Waals surface area contributed by atoms with E-state index in [2.05, 4.69) is 59.2 Å². The Morgan fingerprint density at radius 1 is 1.04 bits per heavy atom. The molecule has 2 N–H and O–H groups in total. The fourth-order valence-electron chi connectivity index (χ4n) is 2.97. The van der Waals surface area contributed by atoms with Crippen molar-refractivity contribution in [2.45, 2.75) is 19.8 Å². The van der Waals surface area contributed by atoms with Crippen LogP contribution in [-0.2, 0) is 12.8 Å². The fourth-order valence-corrected chi connectivity index (χ4v) is 2.97. The van der Waals surface area contributed by atoms with Crippen LogP contribution in [0.15, 0.2) is 48.7 Å². The van der Waals surface area contributed by atoms with Gasteiger partial charge in [-0.15, -0.1) is 0 Å². The van der Waals surface area contributed by atoms with Crippen LogP contribution in [0.25, 0.3) is 10.9 Å². The average molecular weight is 321 g/mol. The van der Waals surface area contributed by atoms with Crippen LogP contribution in [0.5, 0.6) is 5.75 Å². The maximum atomic E-state index is 5.49. The van der Waals surface area contributed by atoms with Gasteiger partial charge in [0.1, 0.15) is 5.75 Å². The summed E-state index contributed by atoms with van der Waals surface area (Å²) in [6.07, 6.45) is 3.70. The third-order valence-corrected chi connectivity index (χ3v) is 4.23. The Morgan fingerprint density at radius 2 is 1.83 bits per heavy atom. The number of pyridine rings is 1. The summed E-state index contributed by atoms with van der Waals surface area (Å²) < 4.78 is 5.49. The molecular formula is C20H23N3O. The summed E-state index contributed by atoms with van der Waals surface area (Å²) in [5.41, 5.74) is 11.8. The van der Waals surface area contributed by atoms with Gasteiger partial charge in [0.25, 0.3) is 0 Å². The molecule has 0 amide bonds. The van der Waals surface area contributed by atoms with Crippen LogP contribution in [-0.4, -0.2) is 19.1 Å². The third kappa shape index (κ3) is 3.34. The van der Waals surface area contributed by atoms with Crippen LogP contribution < -0.4 is 15.6 Å². The van der Waals surface area contributed by atoms with E-state index in [1.54, 1.807) is 7.11 Å². The standard InChI is InChI=1S/C20H23N3O/c1-4-15-12-18-16(9-10-22-19(18)13-20(15)24-3)11-14-5-7-17(8-6-14)23-21-2/h5-10,12-13,21,23H,4,11H2,1-3H3. The van der Waals surface area contributed by atoms with E-state index in [1.165, 1.54) is 22.1 Å². The van der Waals surface area contributed by atoms with Crippen molar-refractivity contribution in [2.75, 3.05) is 19.6 Å².